The monoisotopic (exact) mass is 339 g/mol. The molecule has 0 saturated carbocycles. The fourth-order valence-corrected chi connectivity index (χ4v) is 3.01. The summed E-state index contributed by atoms with van der Waals surface area (Å²) in [5.41, 5.74) is 2.17. The minimum Gasteiger partial charge on any atom is -0.360 e. The highest BCUT2D eigenvalue weighted by Gasteiger charge is 2.13. The molecule has 0 radical (unpaired) electrons. The first-order valence-electron chi connectivity index (χ1n) is 7.46. The van der Waals surface area contributed by atoms with E-state index in [9.17, 15) is 9.59 Å². The zero-order chi connectivity index (χ0) is 16.9. The molecule has 0 aliphatic carbocycles. The average Bonchev–Trinajstić information content (AvgIpc) is 3.04. The van der Waals surface area contributed by atoms with Gasteiger partial charge in [-0.15, -0.1) is 11.8 Å². The van der Waals surface area contributed by atoms with Gasteiger partial charge in [-0.1, -0.05) is 30.3 Å². The summed E-state index contributed by atoms with van der Waals surface area (Å²) in [6.45, 7) is -0.0823. The third-order valence-electron chi connectivity index (χ3n) is 3.62. The van der Waals surface area contributed by atoms with Crippen molar-refractivity contribution in [3.63, 3.8) is 0 Å². The summed E-state index contributed by atoms with van der Waals surface area (Å²) in [6.07, 6.45) is 3.60. The summed E-state index contributed by atoms with van der Waals surface area (Å²) in [7, 11) is 0. The lowest BCUT2D eigenvalue weighted by molar-refractivity contribution is -0.115. The van der Waals surface area contributed by atoms with Gasteiger partial charge in [0.2, 0.25) is 5.91 Å². The smallest absolute Gasteiger partial charge is 0.253 e. The van der Waals surface area contributed by atoms with Gasteiger partial charge in [-0.05, 0) is 24.5 Å². The van der Waals surface area contributed by atoms with Gasteiger partial charge in [-0.3, -0.25) is 9.59 Å². The number of benzene rings is 2. The van der Waals surface area contributed by atoms with Crippen molar-refractivity contribution in [1.82, 2.24) is 10.3 Å². The maximum Gasteiger partial charge on any atom is 0.253 e. The molecule has 1 heterocycles. The van der Waals surface area contributed by atoms with E-state index in [0.29, 0.717) is 5.56 Å². The number of para-hydroxylation sites is 2. The molecule has 0 bridgehead atoms. The van der Waals surface area contributed by atoms with Gasteiger partial charge in [-0.2, -0.15) is 0 Å². The van der Waals surface area contributed by atoms with Crippen LogP contribution in [0.15, 0.2) is 59.6 Å². The SMILES string of the molecule is CSc1ccccc1NC(=O)CNC(=O)c1c[nH]c2ccccc12. The van der Waals surface area contributed by atoms with Gasteiger partial charge in [0, 0.05) is 22.0 Å². The summed E-state index contributed by atoms with van der Waals surface area (Å²) in [5.74, 6) is -0.537. The van der Waals surface area contributed by atoms with E-state index >= 15 is 0 Å². The predicted molar refractivity (Wildman–Crippen MR) is 97.5 cm³/mol. The maximum atomic E-state index is 12.3. The second-order valence-electron chi connectivity index (χ2n) is 5.18. The number of hydrogen-bond donors (Lipinski definition) is 3. The Morgan fingerprint density at radius 3 is 2.67 bits per heavy atom. The molecule has 2 aromatic carbocycles. The van der Waals surface area contributed by atoms with Gasteiger partial charge in [0.1, 0.15) is 0 Å². The van der Waals surface area contributed by atoms with Crippen LogP contribution in [0.4, 0.5) is 5.69 Å². The van der Waals surface area contributed by atoms with Crippen molar-refractivity contribution in [3.05, 3.63) is 60.3 Å². The van der Waals surface area contributed by atoms with Gasteiger partial charge < -0.3 is 15.6 Å². The molecule has 0 saturated heterocycles. The zero-order valence-corrected chi connectivity index (χ0v) is 13.9. The Morgan fingerprint density at radius 1 is 1.08 bits per heavy atom. The molecule has 0 atom stereocenters. The number of anilines is 1. The highest BCUT2D eigenvalue weighted by molar-refractivity contribution is 7.98. The van der Waals surface area contributed by atoms with Crippen molar-refractivity contribution in [2.24, 2.45) is 0 Å². The fourth-order valence-electron chi connectivity index (χ4n) is 2.46. The van der Waals surface area contributed by atoms with Crippen molar-refractivity contribution in [2.75, 3.05) is 18.1 Å². The van der Waals surface area contributed by atoms with Crippen molar-refractivity contribution in [1.29, 1.82) is 0 Å². The maximum absolute atomic E-state index is 12.3. The molecule has 0 aliphatic rings. The summed E-state index contributed by atoms with van der Waals surface area (Å²) in [6, 6.07) is 15.1. The van der Waals surface area contributed by atoms with E-state index in [-0.39, 0.29) is 18.4 Å². The van der Waals surface area contributed by atoms with Crippen molar-refractivity contribution in [2.45, 2.75) is 4.90 Å². The molecule has 3 aromatic rings. The Hall–Kier alpha value is -2.73. The van der Waals surface area contributed by atoms with Crippen LogP contribution in [0.25, 0.3) is 10.9 Å². The summed E-state index contributed by atoms with van der Waals surface area (Å²) in [4.78, 5) is 28.4. The van der Waals surface area contributed by atoms with Gasteiger partial charge in [0.15, 0.2) is 0 Å². The Balaban J connectivity index is 1.63. The second-order valence-corrected chi connectivity index (χ2v) is 6.03. The summed E-state index contributed by atoms with van der Waals surface area (Å²) in [5, 5.41) is 6.31. The molecule has 3 N–H and O–H groups in total. The van der Waals surface area contributed by atoms with Crippen molar-refractivity contribution >= 4 is 40.2 Å². The van der Waals surface area contributed by atoms with E-state index in [1.165, 1.54) is 0 Å². The van der Waals surface area contributed by atoms with E-state index in [4.69, 9.17) is 0 Å². The van der Waals surface area contributed by atoms with Crippen LogP contribution in [-0.4, -0.2) is 29.6 Å². The van der Waals surface area contributed by atoms with Gasteiger partial charge >= 0.3 is 0 Å². The van der Waals surface area contributed by atoms with Crippen LogP contribution in [0.2, 0.25) is 0 Å². The average molecular weight is 339 g/mol. The number of hydrogen-bond acceptors (Lipinski definition) is 3. The Kier molecular flexibility index (Phi) is 4.86. The van der Waals surface area contributed by atoms with Crippen LogP contribution in [-0.2, 0) is 4.79 Å². The molecule has 0 fully saturated rings. The van der Waals surface area contributed by atoms with E-state index in [1.807, 2.05) is 54.8 Å². The highest BCUT2D eigenvalue weighted by Crippen LogP contribution is 2.24. The van der Waals surface area contributed by atoms with Crippen molar-refractivity contribution < 1.29 is 9.59 Å². The van der Waals surface area contributed by atoms with Crippen LogP contribution in [0.5, 0.6) is 0 Å². The van der Waals surface area contributed by atoms with Crippen LogP contribution in [0, 0.1) is 0 Å². The number of aromatic nitrogens is 1. The fraction of sp³-hybridized carbons (Fsp3) is 0.111. The first kappa shape index (κ1) is 16.1. The Labute approximate surface area is 143 Å². The first-order valence-corrected chi connectivity index (χ1v) is 8.68. The molecular formula is C18H17N3O2S. The molecular weight excluding hydrogens is 322 g/mol. The molecule has 24 heavy (non-hydrogen) atoms. The number of fused-ring (bicyclic) bond motifs is 1. The number of amides is 2. The molecule has 3 rings (SSSR count). The third-order valence-corrected chi connectivity index (χ3v) is 4.42. The summed E-state index contributed by atoms with van der Waals surface area (Å²) < 4.78 is 0. The predicted octanol–water partition coefficient (Wildman–Crippen LogP) is 3.26. The standard InChI is InChI=1S/C18H17N3O2S/c1-24-16-9-5-4-8-15(16)21-17(22)11-20-18(23)13-10-19-14-7-3-2-6-12(13)14/h2-10,19H,11H2,1H3,(H,20,23)(H,21,22). The van der Waals surface area contributed by atoms with E-state index in [2.05, 4.69) is 15.6 Å². The summed E-state index contributed by atoms with van der Waals surface area (Å²) >= 11 is 1.56. The normalized spacial score (nSPS) is 10.5. The lowest BCUT2D eigenvalue weighted by Crippen LogP contribution is -2.32. The number of aromatic amines is 1. The Bertz CT molecular complexity index is 889. The van der Waals surface area contributed by atoms with E-state index in [1.54, 1.807) is 18.0 Å². The topological polar surface area (TPSA) is 74.0 Å². The van der Waals surface area contributed by atoms with Gasteiger partial charge in [0.25, 0.3) is 5.91 Å². The third kappa shape index (κ3) is 3.44. The van der Waals surface area contributed by atoms with Crippen molar-refractivity contribution in [3.8, 4) is 0 Å². The molecule has 5 nitrogen and oxygen atoms in total. The van der Waals surface area contributed by atoms with Crippen LogP contribution >= 0.6 is 11.8 Å². The van der Waals surface area contributed by atoms with Crippen LogP contribution < -0.4 is 10.6 Å². The number of carbonyl (C=O) groups excluding carboxylic acids is 2. The largest absolute Gasteiger partial charge is 0.360 e. The quantitative estimate of drug-likeness (QED) is 0.625. The number of H-pyrrole nitrogens is 1. The lowest BCUT2D eigenvalue weighted by Gasteiger charge is -2.09. The molecule has 0 spiro atoms. The molecule has 6 heteroatoms. The van der Waals surface area contributed by atoms with E-state index in [0.717, 1.165) is 21.5 Å². The molecule has 1 aromatic heterocycles. The first-order chi connectivity index (χ1) is 11.7. The number of carbonyl (C=O) groups is 2. The number of nitrogens with one attached hydrogen (secondary N) is 3. The highest BCUT2D eigenvalue weighted by atomic mass is 32.2. The van der Waals surface area contributed by atoms with Gasteiger partial charge in [0.05, 0.1) is 17.8 Å². The second kappa shape index (κ2) is 7.23. The number of rotatable bonds is 5. The Morgan fingerprint density at radius 2 is 1.83 bits per heavy atom. The van der Waals surface area contributed by atoms with Gasteiger partial charge in [-0.25, -0.2) is 0 Å². The number of thioether (sulfide) groups is 1. The van der Waals surface area contributed by atoms with E-state index < -0.39 is 0 Å². The minimum atomic E-state index is -0.277. The lowest BCUT2D eigenvalue weighted by atomic mass is 10.1. The molecule has 2 amide bonds. The van der Waals surface area contributed by atoms with Crippen LogP contribution in [0.3, 0.4) is 0 Å². The molecule has 0 unspecified atom stereocenters. The van der Waals surface area contributed by atoms with Crippen LogP contribution in [0.1, 0.15) is 10.4 Å². The minimum absolute atomic E-state index is 0.0823. The molecule has 122 valence electrons. The zero-order valence-electron chi connectivity index (χ0n) is 13.1. The molecule has 0 aliphatic heterocycles.